The Labute approximate surface area is 117 Å². The minimum Gasteiger partial charge on any atom is -0.313 e. The van der Waals surface area contributed by atoms with Crippen LogP contribution in [0.4, 0.5) is 0 Å². The SMILES string of the molecule is CCc1nn(C)cc1CNCCC1CCN(C)CC1. The predicted octanol–water partition coefficient (Wildman–Crippen LogP) is 1.80. The van der Waals surface area contributed by atoms with E-state index in [2.05, 4.69) is 35.5 Å². The van der Waals surface area contributed by atoms with Crippen LogP contribution in [0.25, 0.3) is 0 Å². The summed E-state index contributed by atoms with van der Waals surface area (Å²) in [5.41, 5.74) is 2.59. The van der Waals surface area contributed by atoms with Crippen LogP contribution in [0, 0.1) is 5.92 Å². The van der Waals surface area contributed by atoms with E-state index in [0.717, 1.165) is 25.4 Å². The van der Waals surface area contributed by atoms with E-state index in [1.54, 1.807) is 0 Å². The van der Waals surface area contributed by atoms with Gasteiger partial charge in [0.15, 0.2) is 0 Å². The number of piperidine rings is 1. The molecule has 1 N–H and O–H groups in total. The molecule has 1 fully saturated rings. The monoisotopic (exact) mass is 264 g/mol. The Bertz CT molecular complexity index is 377. The van der Waals surface area contributed by atoms with Crippen molar-refractivity contribution in [2.75, 3.05) is 26.7 Å². The van der Waals surface area contributed by atoms with Crippen LogP contribution in [0.1, 0.15) is 37.4 Å². The van der Waals surface area contributed by atoms with E-state index in [4.69, 9.17) is 0 Å². The zero-order valence-electron chi connectivity index (χ0n) is 12.7. The Morgan fingerprint density at radius 1 is 1.32 bits per heavy atom. The summed E-state index contributed by atoms with van der Waals surface area (Å²) in [6.45, 7) is 6.81. The molecule has 0 bridgehead atoms. The third kappa shape index (κ3) is 4.32. The zero-order chi connectivity index (χ0) is 13.7. The van der Waals surface area contributed by atoms with Crippen molar-refractivity contribution in [1.29, 1.82) is 0 Å². The molecule has 0 spiro atoms. The number of rotatable bonds is 6. The van der Waals surface area contributed by atoms with Crippen molar-refractivity contribution in [2.24, 2.45) is 13.0 Å². The lowest BCUT2D eigenvalue weighted by Gasteiger charge is -2.28. The normalized spacial score (nSPS) is 18.1. The largest absolute Gasteiger partial charge is 0.313 e. The van der Waals surface area contributed by atoms with Crippen LogP contribution in [-0.2, 0) is 20.0 Å². The topological polar surface area (TPSA) is 33.1 Å². The van der Waals surface area contributed by atoms with Crippen LogP contribution >= 0.6 is 0 Å². The first-order chi connectivity index (χ1) is 9.19. The highest BCUT2D eigenvalue weighted by atomic mass is 15.3. The summed E-state index contributed by atoms with van der Waals surface area (Å²) in [4.78, 5) is 2.44. The van der Waals surface area contributed by atoms with Gasteiger partial charge in [0.2, 0.25) is 0 Å². The highest BCUT2D eigenvalue weighted by Crippen LogP contribution is 2.18. The molecule has 0 amide bonds. The van der Waals surface area contributed by atoms with Crippen LogP contribution in [0.2, 0.25) is 0 Å². The second kappa shape index (κ2) is 7.06. The third-order valence-corrected chi connectivity index (χ3v) is 4.21. The molecule has 0 aliphatic carbocycles. The lowest BCUT2D eigenvalue weighted by atomic mass is 9.94. The average Bonchev–Trinajstić information content (AvgIpc) is 2.77. The Morgan fingerprint density at radius 3 is 2.74 bits per heavy atom. The van der Waals surface area contributed by atoms with E-state index in [9.17, 15) is 0 Å². The Balaban J connectivity index is 1.66. The van der Waals surface area contributed by atoms with Crippen LogP contribution in [0.5, 0.6) is 0 Å². The van der Waals surface area contributed by atoms with E-state index in [-0.39, 0.29) is 0 Å². The molecule has 0 saturated carbocycles. The van der Waals surface area contributed by atoms with Gasteiger partial charge in [0.1, 0.15) is 0 Å². The first-order valence-electron chi connectivity index (χ1n) is 7.59. The maximum atomic E-state index is 4.48. The fourth-order valence-electron chi connectivity index (χ4n) is 2.91. The van der Waals surface area contributed by atoms with E-state index in [1.165, 1.54) is 43.6 Å². The van der Waals surface area contributed by atoms with Gasteiger partial charge < -0.3 is 10.2 Å². The van der Waals surface area contributed by atoms with E-state index >= 15 is 0 Å². The van der Waals surface area contributed by atoms with Gasteiger partial charge in [0, 0.05) is 25.4 Å². The molecule has 2 heterocycles. The summed E-state index contributed by atoms with van der Waals surface area (Å²) in [7, 11) is 4.23. The second-order valence-electron chi connectivity index (χ2n) is 5.84. The Morgan fingerprint density at radius 2 is 2.05 bits per heavy atom. The molecule has 0 atom stereocenters. The zero-order valence-corrected chi connectivity index (χ0v) is 12.7. The van der Waals surface area contributed by atoms with Gasteiger partial charge in [0.05, 0.1) is 5.69 Å². The predicted molar refractivity (Wildman–Crippen MR) is 79.1 cm³/mol. The van der Waals surface area contributed by atoms with Gasteiger partial charge in [-0.1, -0.05) is 6.92 Å². The van der Waals surface area contributed by atoms with Gasteiger partial charge in [0.25, 0.3) is 0 Å². The third-order valence-electron chi connectivity index (χ3n) is 4.21. The first-order valence-corrected chi connectivity index (χ1v) is 7.59. The first kappa shape index (κ1) is 14.5. The van der Waals surface area contributed by atoms with Crippen molar-refractivity contribution in [2.45, 2.75) is 39.2 Å². The number of aryl methyl sites for hydroxylation is 2. The molecule has 0 radical (unpaired) electrons. The van der Waals surface area contributed by atoms with Crippen LogP contribution in [-0.4, -0.2) is 41.4 Å². The van der Waals surface area contributed by atoms with Crippen molar-refractivity contribution in [3.63, 3.8) is 0 Å². The standard InChI is InChI=1S/C15H28N4/c1-4-15-14(12-19(3)17-15)11-16-8-5-13-6-9-18(2)10-7-13/h12-13,16H,4-11H2,1-3H3. The van der Waals surface area contributed by atoms with Gasteiger partial charge in [-0.3, -0.25) is 4.68 Å². The highest BCUT2D eigenvalue weighted by Gasteiger charge is 2.15. The summed E-state index contributed by atoms with van der Waals surface area (Å²) in [5.74, 6) is 0.920. The molecule has 108 valence electrons. The maximum Gasteiger partial charge on any atom is 0.0666 e. The lowest BCUT2D eigenvalue weighted by Crippen LogP contribution is -2.31. The molecule has 2 rings (SSSR count). The quantitative estimate of drug-likeness (QED) is 0.796. The lowest BCUT2D eigenvalue weighted by molar-refractivity contribution is 0.211. The molecule has 4 nitrogen and oxygen atoms in total. The minimum absolute atomic E-state index is 0.920. The number of nitrogens with zero attached hydrogens (tertiary/aromatic N) is 3. The summed E-state index contributed by atoms with van der Waals surface area (Å²) < 4.78 is 1.92. The van der Waals surface area contributed by atoms with Crippen molar-refractivity contribution in [3.8, 4) is 0 Å². The number of likely N-dealkylation sites (tertiary alicyclic amines) is 1. The number of hydrogen-bond acceptors (Lipinski definition) is 3. The van der Waals surface area contributed by atoms with Gasteiger partial charge >= 0.3 is 0 Å². The van der Waals surface area contributed by atoms with Crippen molar-refractivity contribution in [1.82, 2.24) is 20.0 Å². The van der Waals surface area contributed by atoms with Crippen molar-refractivity contribution < 1.29 is 0 Å². The molecule has 1 saturated heterocycles. The summed E-state index contributed by atoms with van der Waals surface area (Å²) in [5, 5.41) is 8.06. The molecular formula is C15H28N4. The van der Waals surface area contributed by atoms with E-state index in [1.807, 2.05) is 11.7 Å². The van der Waals surface area contributed by atoms with Crippen LogP contribution in [0.15, 0.2) is 6.20 Å². The van der Waals surface area contributed by atoms with Crippen LogP contribution in [0.3, 0.4) is 0 Å². The molecular weight excluding hydrogens is 236 g/mol. The Kier molecular flexibility index (Phi) is 5.40. The molecule has 19 heavy (non-hydrogen) atoms. The highest BCUT2D eigenvalue weighted by molar-refractivity contribution is 5.16. The number of hydrogen-bond donors (Lipinski definition) is 1. The molecule has 1 aliphatic heterocycles. The summed E-state index contributed by atoms with van der Waals surface area (Å²) in [6, 6.07) is 0. The number of aromatic nitrogens is 2. The smallest absolute Gasteiger partial charge is 0.0666 e. The van der Waals surface area contributed by atoms with Crippen LogP contribution < -0.4 is 5.32 Å². The molecule has 4 heteroatoms. The molecule has 1 aromatic rings. The van der Waals surface area contributed by atoms with E-state index < -0.39 is 0 Å². The van der Waals surface area contributed by atoms with Gasteiger partial charge in [-0.15, -0.1) is 0 Å². The summed E-state index contributed by atoms with van der Waals surface area (Å²) >= 11 is 0. The molecule has 1 aromatic heterocycles. The minimum atomic E-state index is 0.920. The molecule has 0 unspecified atom stereocenters. The van der Waals surface area contributed by atoms with Gasteiger partial charge in [-0.05, 0) is 58.3 Å². The van der Waals surface area contributed by atoms with Crippen molar-refractivity contribution >= 4 is 0 Å². The fraction of sp³-hybridized carbons (Fsp3) is 0.800. The average molecular weight is 264 g/mol. The number of nitrogens with one attached hydrogen (secondary N) is 1. The molecule has 1 aliphatic rings. The second-order valence-corrected chi connectivity index (χ2v) is 5.84. The van der Waals surface area contributed by atoms with E-state index in [0.29, 0.717) is 0 Å². The van der Waals surface area contributed by atoms with Gasteiger partial charge in [-0.25, -0.2) is 0 Å². The summed E-state index contributed by atoms with van der Waals surface area (Å²) in [6.07, 6.45) is 7.21. The molecule has 0 aromatic carbocycles. The fourth-order valence-corrected chi connectivity index (χ4v) is 2.91. The maximum absolute atomic E-state index is 4.48. The van der Waals surface area contributed by atoms with Crippen molar-refractivity contribution in [3.05, 3.63) is 17.5 Å². The van der Waals surface area contributed by atoms with Gasteiger partial charge in [-0.2, -0.15) is 5.10 Å². The Hall–Kier alpha value is -0.870.